The van der Waals surface area contributed by atoms with Crippen LogP contribution in [0.3, 0.4) is 0 Å². The second-order valence-electron chi connectivity index (χ2n) is 6.09. The molecule has 1 aromatic rings. The summed E-state index contributed by atoms with van der Waals surface area (Å²) in [5.41, 5.74) is 6.76. The van der Waals surface area contributed by atoms with Gasteiger partial charge >= 0.3 is 0 Å². The highest BCUT2D eigenvalue weighted by Crippen LogP contribution is 2.42. The van der Waals surface area contributed by atoms with Crippen LogP contribution in [0.5, 0.6) is 0 Å². The molecule has 1 fully saturated rings. The van der Waals surface area contributed by atoms with Gasteiger partial charge < -0.3 is 5.73 Å². The van der Waals surface area contributed by atoms with Crippen LogP contribution in [-0.2, 0) is 0 Å². The Labute approximate surface area is 114 Å². The Hall–Kier alpha value is -0.960. The smallest absolute Gasteiger partial charge is 0.159 e. The highest BCUT2D eigenvalue weighted by Gasteiger charge is 2.32. The molecular formula is C16H23F2N. The van der Waals surface area contributed by atoms with Gasteiger partial charge in [-0.05, 0) is 67.2 Å². The second kappa shape index (κ2) is 6.00. The lowest BCUT2D eigenvalue weighted by molar-refractivity contribution is 0.197. The number of benzene rings is 1. The van der Waals surface area contributed by atoms with E-state index in [1.54, 1.807) is 6.07 Å². The van der Waals surface area contributed by atoms with Crippen molar-refractivity contribution < 1.29 is 8.78 Å². The van der Waals surface area contributed by atoms with E-state index in [4.69, 9.17) is 5.73 Å². The van der Waals surface area contributed by atoms with Crippen molar-refractivity contribution >= 4 is 0 Å². The molecule has 3 unspecified atom stereocenters. The zero-order chi connectivity index (χ0) is 14.0. The van der Waals surface area contributed by atoms with Crippen LogP contribution in [0.1, 0.15) is 44.6 Å². The average Bonchev–Trinajstić information content (AvgIpc) is 2.41. The van der Waals surface area contributed by atoms with Crippen LogP contribution in [0.2, 0.25) is 0 Å². The van der Waals surface area contributed by atoms with Crippen LogP contribution >= 0.6 is 0 Å². The van der Waals surface area contributed by atoms with Crippen molar-refractivity contribution in [2.24, 2.45) is 23.5 Å². The molecule has 3 atom stereocenters. The Morgan fingerprint density at radius 1 is 1.21 bits per heavy atom. The second-order valence-corrected chi connectivity index (χ2v) is 6.09. The minimum absolute atomic E-state index is 0.265. The van der Waals surface area contributed by atoms with E-state index in [-0.39, 0.29) is 5.92 Å². The number of hydrogen-bond donors (Lipinski definition) is 1. The van der Waals surface area contributed by atoms with Gasteiger partial charge in [0.2, 0.25) is 0 Å². The third-order valence-electron chi connectivity index (χ3n) is 4.65. The molecule has 106 valence electrons. The number of rotatable bonds is 3. The molecule has 0 radical (unpaired) electrons. The van der Waals surface area contributed by atoms with Crippen molar-refractivity contribution in [3.63, 3.8) is 0 Å². The summed E-state index contributed by atoms with van der Waals surface area (Å²) in [5, 5.41) is 0. The molecular weight excluding hydrogens is 244 g/mol. The van der Waals surface area contributed by atoms with Gasteiger partial charge in [0.1, 0.15) is 0 Å². The molecule has 1 aliphatic carbocycles. The third-order valence-corrected chi connectivity index (χ3v) is 4.65. The van der Waals surface area contributed by atoms with E-state index in [0.717, 1.165) is 18.4 Å². The van der Waals surface area contributed by atoms with Gasteiger partial charge in [0.05, 0.1) is 0 Å². The van der Waals surface area contributed by atoms with Gasteiger partial charge in [0.25, 0.3) is 0 Å². The molecule has 0 amide bonds. The summed E-state index contributed by atoms with van der Waals surface area (Å²) in [4.78, 5) is 0. The minimum atomic E-state index is -0.774. The molecule has 1 saturated carbocycles. The number of nitrogens with two attached hydrogens (primary N) is 1. The van der Waals surface area contributed by atoms with Crippen molar-refractivity contribution in [1.29, 1.82) is 0 Å². The lowest BCUT2D eigenvalue weighted by Crippen LogP contribution is -2.30. The highest BCUT2D eigenvalue weighted by molar-refractivity contribution is 5.23. The number of hydrogen-bond acceptors (Lipinski definition) is 1. The lowest BCUT2D eigenvalue weighted by atomic mass is 9.68. The van der Waals surface area contributed by atoms with Crippen LogP contribution < -0.4 is 5.73 Å². The maximum Gasteiger partial charge on any atom is 0.159 e. The summed E-state index contributed by atoms with van der Waals surface area (Å²) in [6.45, 7) is 5.08. The van der Waals surface area contributed by atoms with E-state index in [2.05, 4.69) is 13.8 Å². The fraction of sp³-hybridized carbons (Fsp3) is 0.625. The third kappa shape index (κ3) is 3.14. The molecule has 0 bridgehead atoms. The van der Waals surface area contributed by atoms with E-state index < -0.39 is 11.6 Å². The molecule has 1 nitrogen and oxygen atoms in total. The van der Waals surface area contributed by atoms with Crippen LogP contribution in [0.15, 0.2) is 18.2 Å². The van der Waals surface area contributed by atoms with Gasteiger partial charge in [-0.3, -0.25) is 0 Å². The minimum Gasteiger partial charge on any atom is -0.330 e. The standard InChI is InChI=1S/C16H23F2N/c1-10(2)11-3-4-13(9-19)14(7-11)12-5-6-15(17)16(18)8-12/h5-6,8,10-11,13-14H,3-4,7,9,19H2,1-2H3. The molecule has 2 rings (SSSR count). The van der Waals surface area contributed by atoms with Crippen molar-refractivity contribution in [2.75, 3.05) is 6.54 Å². The largest absolute Gasteiger partial charge is 0.330 e. The van der Waals surface area contributed by atoms with Crippen molar-refractivity contribution in [1.82, 2.24) is 0 Å². The summed E-state index contributed by atoms with van der Waals surface area (Å²) < 4.78 is 26.5. The molecule has 0 aliphatic heterocycles. The maximum atomic E-state index is 13.4. The van der Waals surface area contributed by atoms with Crippen molar-refractivity contribution in [3.8, 4) is 0 Å². The fourth-order valence-electron chi connectivity index (χ4n) is 3.30. The fourth-order valence-corrected chi connectivity index (χ4v) is 3.30. The van der Waals surface area contributed by atoms with Crippen LogP contribution in [0.25, 0.3) is 0 Å². The lowest BCUT2D eigenvalue weighted by Gasteiger charge is -2.37. The van der Waals surface area contributed by atoms with Gasteiger partial charge in [-0.2, -0.15) is 0 Å². The van der Waals surface area contributed by atoms with Crippen molar-refractivity contribution in [2.45, 2.75) is 39.0 Å². The predicted octanol–water partition coefficient (Wildman–Crippen LogP) is 4.08. The number of halogens is 2. The van der Waals surface area contributed by atoms with Gasteiger partial charge in [-0.15, -0.1) is 0 Å². The normalized spacial score (nSPS) is 27.8. The van der Waals surface area contributed by atoms with E-state index in [0.29, 0.717) is 24.3 Å². The Morgan fingerprint density at radius 3 is 2.53 bits per heavy atom. The van der Waals surface area contributed by atoms with Crippen LogP contribution in [0, 0.1) is 29.4 Å². The summed E-state index contributed by atoms with van der Waals surface area (Å²) in [6, 6.07) is 4.30. The molecule has 19 heavy (non-hydrogen) atoms. The summed E-state index contributed by atoms with van der Waals surface area (Å²) in [6.07, 6.45) is 3.31. The first-order chi connectivity index (χ1) is 9.02. The average molecular weight is 267 g/mol. The summed E-state index contributed by atoms with van der Waals surface area (Å²) in [5.74, 6) is 0.415. The molecule has 1 aromatic carbocycles. The highest BCUT2D eigenvalue weighted by atomic mass is 19.2. The molecule has 0 spiro atoms. The van der Waals surface area contributed by atoms with E-state index >= 15 is 0 Å². The van der Waals surface area contributed by atoms with E-state index in [1.807, 2.05) is 0 Å². The topological polar surface area (TPSA) is 26.0 Å². The molecule has 3 heteroatoms. The monoisotopic (exact) mass is 267 g/mol. The van der Waals surface area contributed by atoms with Gasteiger partial charge in [-0.25, -0.2) is 8.78 Å². The van der Waals surface area contributed by atoms with Crippen molar-refractivity contribution in [3.05, 3.63) is 35.4 Å². The van der Waals surface area contributed by atoms with Gasteiger partial charge in [-0.1, -0.05) is 19.9 Å². The zero-order valence-corrected chi connectivity index (χ0v) is 11.7. The Morgan fingerprint density at radius 2 is 1.95 bits per heavy atom. The van der Waals surface area contributed by atoms with Gasteiger partial charge in [0, 0.05) is 0 Å². The maximum absolute atomic E-state index is 13.4. The van der Waals surface area contributed by atoms with Crippen LogP contribution in [-0.4, -0.2) is 6.54 Å². The Balaban J connectivity index is 2.24. The summed E-state index contributed by atoms with van der Waals surface area (Å²) in [7, 11) is 0. The first kappa shape index (κ1) is 14.4. The first-order valence-electron chi connectivity index (χ1n) is 7.18. The Kier molecular flexibility index (Phi) is 4.56. The molecule has 0 heterocycles. The predicted molar refractivity (Wildman–Crippen MR) is 73.8 cm³/mol. The van der Waals surface area contributed by atoms with E-state index in [1.165, 1.54) is 18.6 Å². The van der Waals surface area contributed by atoms with E-state index in [9.17, 15) is 8.78 Å². The Bertz CT molecular complexity index is 431. The van der Waals surface area contributed by atoms with Crippen LogP contribution in [0.4, 0.5) is 8.78 Å². The van der Waals surface area contributed by atoms with Gasteiger partial charge in [0.15, 0.2) is 11.6 Å². The molecule has 2 N–H and O–H groups in total. The molecule has 1 aliphatic rings. The first-order valence-corrected chi connectivity index (χ1v) is 7.18. The SMILES string of the molecule is CC(C)C1CCC(CN)C(c2ccc(F)c(F)c2)C1. The summed E-state index contributed by atoms with van der Waals surface area (Å²) >= 11 is 0. The zero-order valence-electron chi connectivity index (χ0n) is 11.7. The molecule has 0 saturated heterocycles. The molecule has 0 aromatic heterocycles. The quantitative estimate of drug-likeness (QED) is 0.877.